The van der Waals surface area contributed by atoms with Crippen molar-refractivity contribution in [3.63, 3.8) is 0 Å². The van der Waals surface area contributed by atoms with Crippen molar-refractivity contribution in [1.82, 2.24) is 24.9 Å². The van der Waals surface area contributed by atoms with Crippen molar-refractivity contribution in [2.75, 3.05) is 68.5 Å². The van der Waals surface area contributed by atoms with Gasteiger partial charge in [-0.1, -0.05) is 0 Å². The van der Waals surface area contributed by atoms with Crippen molar-refractivity contribution in [2.45, 2.75) is 57.4 Å². The van der Waals surface area contributed by atoms with E-state index < -0.39 is 35.5 Å². The molecular weight excluding hydrogens is 679 g/mol. The summed E-state index contributed by atoms with van der Waals surface area (Å²) in [6.45, 7) is 6.48. The number of hydrogen-bond donors (Lipinski definition) is 2. The lowest BCUT2D eigenvalue weighted by atomic mass is 9.71. The number of piperidine rings is 4. The Morgan fingerprint density at radius 2 is 1.53 bits per heavy atom. The topological polar surface area (TPSA) is 146 Å². The standard InChI is InChI=1S/C39H47FN8O5/c1-44-23-25(21-42-44)26-18-30(41)34(53-2)20-32(26)46-11-5-24(6-12-46)22-45-13-7-39(8-14-45)9-15-47(16-10-39)33-19-28-27(17-29(33)40)37(51)48(38(28)52)31-3-4-35(49)43-36(31)50/h17-21,23-24,31H,3-16,22,41H2,1-2H3,(H,43,49,50). The number of carbonyl (C=O) groups excluding carboxylic acids is 4. The fourth-order valence-corrected chi connectivity index (χ4v) is 9.19. The number of carbonyl (C=O) groups is 4. The van der Waals surface area contributed by atoms with Gasteiger partial charge in [0.2, 0.25) is 11.8 Å². The Kier molecular flexibility index (Phi) is 9.12. The quantitative estimate of drug-likeness (QED) is 0.272. The van der Waals surface area contributed by atoms with Crippen LogP contribution in [0.2, 0.25) is 0 Å². The summed E-state index contributed by atoms with van der Waals surface area (Å²) >= 11 is 0. The molecule has 6 heterocycles. The highest BCUT2D eigenvalue weighted by atomic mass is 19.1. The molecule has 13 nitrogen and oxygen atoms in total. The number of ether oxygens (including phenoxy) is 1. The summed E-state index contributed by atoms with van der Waals surface area (Å²) in [5, 5.41) is 6.58. The minimum absolute atomic E-state index is 0.0341. The Morgan fingerprint density at radius 1 is 0.868 bits per heavy atom. The van der Waals surface area contributed by atoms with Crippen LogP contribution in [0.5, 0.6) is 5.75 Å². The molecule has 1 aromatic heterocycles. The van der Waals surface area contributed by atoms with Crippen LogP contribution < -0.4 is 25.6 Å². The van der Waals surface area contributed by atoms with E-state index in [2.05, 4.69) is 26.3 Å². The number of nitrogens with zero attached hydrogens (tertiary/aromatic N) is 6. The van der Waals surface area contributed by atoms with Crippen LogP contribution in [0.1, 0.15) is 72.1 Å². The summed E-state index contributed by atoms with van der Waals surface area (Å²) in [4.78, 5) is 58.5. The second-order valence-electron chi connectivity index (χ2n) is 15.5. The number of benzene rings is 2. The van der Waals surface area contributed by atoms with Crippen molar-refractivity contribution in [3.8, 4) is 16.9 Å². The number of aryl methyl sites for hydroxylation is 1. The minimum atomic E-state index is -1.08. The number of nitrogen functional groups attached to an aromatic ring is 1. The molecule has 4 saturated heterocycles. The molecule has 280 valence electrons. The second kappa shape index (κ2) is 13.8. The highest BCUT2D eigenvalue weighted by Crippen LogP contribution is 2.44. The molecule has 1 spiro atoms. The molecule has 1 atom stereocenters. The monoisotopic (exact) mass is 726 g/mol. The zero-order valence-electron chi connectivity index (χ0n) is 30.4. The summed E-state index contributed by atoms with van der Waals surface area (Å²) in [6, 6.07) is 5.59. The molecule has 3 aromatic rings. The van der Waals surface area contributed by atoms with Gasteiger partial charge in [0.1, 0.15) is 17.6 Å². The van der Waals surface area contributed by atoms with Crippen molar-refractivity contribution in [1.29, 1.82) is 0 Å². The molecule has 0 aliphatic carbocycles. The molecular formula is C39H47FN8O5. The van der Waals surface area contributed by atoms with Crippen LogP contribution in [0.4, 0.5) is 21.5 Å². The molecule has 8 rings (SSSR count). The molecule has 0 saturated carbocycles. The van der Waals surface area contributed by atoms with Crippen molar-refractivity contribution in [3.05, 3.63) is 53.6 Å². The molecule has 14 heteroatoms. The maximum Gasteiger partial charge on any atom is 0.262 e. The average molecular weight is 727 g/mol. The van der Waals surface area contributed by atoms with E-state index in [4.69, 9.17) is 10.5 Å². The maximum absolute atomic E-state index is 15.5. The zero-order chi connectivity index (χ0) is 37.0. The van der Waals surface area contributed by atoms with Gasteiger partial charge in [-0.05, 0) is 87.6 Å². The summed E-state index contributed by atoms with van der Waals surface area (Å²) in [5.74, 6) is -1.66. The molecule has 5 aliphatic heterocycles. The number of aromatic nitrogens is 2. The molecule has 5 aliphatic rings. The number of nitrogens with one attached hydrogen (secondary N) is 1. The van der Waals surface area contributed by atoms with Gasteiger partial charge >= 0.3 is 0 Å². The lowest BCUT2D eigenvalue weighted by Crippen LogP contribution is -2.54. The van der Waals surface area contributed by atoms with E-state index in [9.17, 15) is 19.2 Å². The smallest absolute Gasteiger partial charge is 0.262 e. The first-order chi connectivity index (χ1) is 25.5. The summed E-state index contributed by atoms with van der Waals surface area (Å²) in [5.41, 5.74) is 10.8. The fourth-order valence-electron chi connectivity index (χ4n) is 9.19. The first kappa shape index (κ1) is 35.1. The normalized spacial score (nSPS) is 22.5. The van der Waals surface area contributed by atoms with E-state index >= 15 is 4.39 Å². The second-order valence-corrected chi connectivity index (χ2v) is 15.5. The maximum atomic E-state index is 15.5. The van der Waals surface area contributed by atoms with E-state index in [1.54, 1.807) is 11.8 Å². The van der Waals surface area contributed by atoms with Crippen molar-refractivity contribution >= 4 is 40.7 Å². The molecule has 2 aromatic carbocycles. The summed E-state index contributed by atoms with van der Waals surface area (Å²) < 4.78 is 22.9. The first-order valence-electron chi connectivity index (χ1n) is 18.8. The lowest BCUT2D eigenvalue weighted by Gasteiger charge is -2.48. The van der Waals surface area contributed by atoms with Gasteiger partial charge in [-0.15, -0.1) is 0 Å². The largest absolute Gasteiger partial charge is 0.495 e. The Hall–Kier alpha value is -4.98. The predicted molar refractivity (Wildman–Crippen MR) is 197 cm³/mol. The van der Waals surface area contributed by atoms with Gasteiger partial charge in [-0.3, -0.25) is 34.1 Å². The van der Waals surface area contributed by atoms with Crippen LogP contribution >= 0.6 is 0 Å². The van der Waals surface area contributed by atoms with Crippen LogP contribution in [-0.2, 0) is 16.6 Å². The van der Waals surface area contributed by atoms with Gasteiger partial charge < -0.3 is 25.2 Å². The molecule has 1 unspecified atom stereocenters. The SMILES string of the molecule is COc1cc(N2CCC(CN3CCC4(CC3)CCN(c3cc5c(cc3F)C(=O)N(C3CCC(=O)NC3=O)C5=O)CC4)CC2)c(-c2cnn(C)c2)cc1N. The number of fused-ring (bicyclic) bond motifs is 1. The molecule has 3 N–H and O–H groups in total. The Morgan fingerprint density at radius 3 is 2.17 bits per heavy atom. The summed E-state index contributed by atoms with van der Waals surface area (Å²) in [7, 11) is 3.57. The Balaban J connectivity index is 0.846. The van der Waals surface area contributed by atoms with Gasteiger partial charge in [-0.2, -0.15) is 5.10 Å². The van der Waals surface area contributed by atoms with Gasteiger partial charge in [-0.25, -0.2) is 4.39 Å². The number of halogens is 1. The van der Waals surface area contributed by atoms with Crippen molar-refractivity contribution in [2.24, 2.45) is 18.4 Å². The molecule has 53 heavy (non-hydrogen) atoms. The van der Waals surface area contributed by atoms with E-state index in [0.29, 0.717) is 36.1 Å². The number of hydrogen-bond acceptors (Lipinski definition) is 10. The van der Waals surface area contributed by atoms with Gasteiger partial charge in [0.25, 0.3) is 11.8 Å². The third kappa shape index (κ3) is 6.51. The van der Waals surface area contributed by atoms with Gasteiger partial charge in [0.15, 0.2) is 0 Å². The van der Waals surface area contributed by atoms with Crippen LogP contribution in [0.3, 0.4) is 0 Å². The first-order valence-corrected chi connectivity index (χ1v) is 18.8. The lowest BCUT2D eigenvalue weighted by molar-refractivity contribution is -0.136. The number of anilines is 3. The van der Waals surface area contributed by atoms with Gasteiger partial charge in [0.05, 0.1) is 35.8 Å². The predicted octanol–water partition coefficient (Wildman–Crippen LogP) is 3.82. The van der Waals surface area contributed by atoms with Crippen molar-refractivity contribution < 1.29 is 28.3 Å². The Bertz CT molecular complexity index is 1950. The zero-order valence-corrected chi connectivity index (χ0v) is 30.4. The number of nitrogens with two attached hydrogens (primary N) is 1. The number of methoxy groups -OCH3 is 1. The van der Waals surface area contributed by atoms with E-state index in [0.717, 1.165) is 99.0 Å². The number of amides is 4. The third-order valence-electron chi connectivity index (χ3n) is 12.4. The van der Waals surface area contributed by atoms with Crippen LogP contribution in [0.25, 0.3) is 11.1 Å². The molecule has 4 amide bonds. The number of rotatable bonds is 7. The minimum Gasteiger partial charge on any atom is -0.495 e. The van der Waals surface area contributed by atoms with Crippen LogP contribution in [0.15, 0.2) is 36.7 Å². The van der Waals surface area contributed by atoms with E-state index in [-0.39, 0.29) is 29.4 Å². The third-order valence-corrected chi connectivity index (χ3v) is 12.4. The van der Waals surface area contributed by atoms with Crippen LogP contribution in [-0.4, -0.2) is 102 Å². The molecule has 4 fully saturated rings. The Labute approximate surface area is 308 Å². The highest BCUT2D eigenvalue weighted by Gasteiger charge is 2.46. The number of imide groups is 2. The highest BCUT2D eigenvalue weighted by molar-refractivity contribution is 6.23. The molecule has 0 radical (unpaired) electrons. The summed E-state index contributed by atoms with van der Waals surface area (Å²) in [6.07, 6.45) is 10.3. The number of likely N-dealkylation sites (tertiary alicyclic amines) is 1. The van der Waals surface area contributed by atoms with Crippen LogP contribution in [0, 0.1) is 17.2 Å². The van der Waals surface area contributed by atoms with Gasteiger partial charge in [0, 0.05) is 75.3 Å². The van der Waals surface area contributed by atoms with E-state index in [1.165, 1.54) is 6.07 Å². The average Bonchev–Trinajstić information content (AvgIpc) is 3.69. The molecule has 0 bridgehead atoms. The van der Waals surface area contributed by atoms with E-state index in [1.807, 2.05) is 30.4 Å². The fraction of sp³-hybridized carbons (Fsp3) is 0.513.